The van der Waals surface area contributed by atoms with Crippen LogP contribution in [0, 0.1) is 6.92 Å². The first kappa shape index (κ1) is 14.3. The Morgan fingerprint density at radius 3 is 3.05 bits per heavy atom. The summed E-state index contributed by atoms with van der Waals surface area (Å²) in [6.45, 7) is 5.08. The van der Waals surface area contributed by atoms with Crippen LogP contribution in [0.3, 0.4) is 0 Å². The third-order valence-corrected chi connectivity index (χ3v) is 4.33. The molecule has 0 unspecified atom stereocenters. The molecule has 1 fully saturated rings. The topological polar surface area (TPSA) is 60.3 Å². The van der Waals surface area contributed by atoms with Crippen molar-refractivity contribution in [2.75, 3.05) is 6.61 Å². The first-order chi connectivity index (χ1) is 9.08. The number of ether oxygens (including phenoxy) is 1. The highest BCUT2D eigenvalue weighted by atomic mass is 32.1. The van der Waals surface area contributed by atoms with Crippen molar-refractivity contribution in [2.24, 2.45) is 0 Å². The van der Waals surface area contributed by atoms with Gasteiger partial charge in [-0.05, 0) is 26.7 Å². The number of hydrogen-bond donors (Lipinski definition) is 1. The third-order valence-electron chi connectivity index (χ3n) is 3.45. The van der Waals surface area contributed by atoms with Crippen molar-refractivity contribution in [2.45, 2.75) is 51.8 Å². The van der Waals surface area contributed by atoms with Crippen LogP contribution < -0.4 is 10.2 Å². The predicted octanol–water partition coefficient (Wildman–Crippen LogP) is 1.29. The lowest BCUT2D eigenvalue weighted by atomic mass is 10.1. The SMILES string of the molecule is Cc1csc(=O)n1CCC(=O)N[C@H](C)[C@@H]1CCCO1. The average Bonchev–Trinajstić information content (AvgIpc) is 2.98. The second kappa shape index (κ2) is 6.34. The molecule has 5 nitrogen and oxygen atoms in total. The first-order valence-corrected chi connectivity index (χ1v) is 7.52. The summed E-state index contributed by atoms with van der Waals surface area (Å²) < 4.78 is 7.18. The molecule has 0 bridgehead atoms. The fraction of sp³-hybridized carbons (Fsp3) is 0.692. The molecule has 1 aliphatic rings. The molecule has 1 aliphatic heterocycles. The number of nitrogens with zero attached hydrogens (tertiary/aromatic N) is 1. The van der Waals surface area contributed by atoms with Crippen LogP contribution in [-0.4, -0.2) is 29.2 Å². The van der Waals surface area contributed by atoms with Gasteiger partial charge in [-0.25, -0.2) is 0 Å². The standard InChI is InChI=1S/C13H20N2O3S/c1-9-8-19-13(17)15(9)6-5-12(16)14-10(2)11-4-3-7-18-11/h8,10-11H,3-7H2,1-2H3,(H,14,16)/t10-,11+/m1/s1. The van der Waals surface area contributed by atoms with Crippen LogP contribution in [0.5, 0.6) is 0 Å². The molecule has 6 heteroatoms. The number of carbonyl (C=O) groups is 1. The number of rotatable bonds is 5. The van der Waals surface area contributed by atoms with Gasteiger partial charge in [-0.15, -0.1) is 0 Å². The van der Waals surface area contributed by atoms with E-state index in [-0.39, 0.29) is 22.9 Å². The highest BCUT2D eigenvalue weighted by Crippen LogP contribution is 2.15. The molecule has 1 aromatic heterocycles. The zero-order valence-electron chi connectivity index (χ0n) is 11.3. The number of amides is 1. The smallest absolute Gasteiger partial charge is 0.307 e. The second-order valence-electron chi connectivity index (χ2n) is 4.95. The summed E-state index contributed by atoms with van der Waals surface area (Å²) in [5.41, 5.74) is 0.912. The molecule has 19 heavy (non-hydrogen) atoms. The zero-order chi connectivity index (χ0) is 13.8. The Bertz CT molecular complexity index is 488. The Kier molecular flexibility index (Phi) is 4.76. The van der Waals surface area contributed by atoms with Crippen LogP contribution >= 0.6 is 11.3 Å². The van der Waals surface area contributed by atoms with E-state index in [0.717, 1.165) is 25.1 Å². The van der Waals surface area contributed by atoms with Crippen molar-refractivity contribution < 1.29 is 9.53 Å². The molecule has 0 aliphatic carbocycles. The first-order valence-electron chi connectivity index (χ1n) is 6.64. The zero-order valence-corrected chi connectivity index (χ0v) is 12.2. The van der Waals surface area contributed by atoms with E-state index in [9.17, 15) is 9.59 Å². The summed E-state index contributed by atoms with van der Waals surface area (Å²) in [4.78, 5) is 23.4. The van der Waals surface area contributed by atoms with Crippen molar-refractivity contribution in [1.29, 1.82) is 0 Å². The fourth-order valence-corrected chi connectivity index (χ4v) is 3.06. The average molecular weight is 284 g/mol. The van der Waals surface area contributed by atoms with E-state index in [0.29, 0.717) is 13.0 Å². The maximum atomic E-state index is 11.8. The van der Waals surface area contributed by atoms with Gasteiger partial charge in [0, 0.05) is 30.6 Å². The van der Waals surface area contributed by atoms with Crippen molar-refractivity contribution in [3.05, 3.63) is 20.7 Å². The minimum Gasteiger partial charge on any atom is -0.376 e. The van der Waals surface area contributed by atoms with E-state index >= 15 is 0 Å². The van der Waals surface area contributed by atoms with Gasteiger partial charge in [0.15, 0.2) is 0 Å². The molecule has 2 heterocycles. The van der Waals surface area contributed by atoms with Crippen molar-refractivity contribution in [1.82, 2.24) is 9.88 Å². The number of aromatic nitrogens is 1. The predicted molar refractivity (Wildman–Crippen MR) is 74.5 cm³/mol. The fourth-order valence-electron chi connectivity index (χ4n) is 2.30. The highest BCUT2D eigenvalue weighted by Gasteiger charge is 2.23. The van der Waals surface area contributed by atoms with Gasteiger partial charge in [-0.1, -0.05) is 11.3 Å². The van der Waals surface area contributed by atoms with Crippen LogP contribution in [0.25, 0.3) is 0 Å². The van der Waals surface area contributed by atoms with Crippen molar-refractivity contribution in [3.63, 3.8) is 0 Å². The van der Waals surface area contributed by atoms with Crippen molar-refractivity contribution >= 4 is 17.2 Å². The van der Waals surface area contributed by atoms with E-state index in [1.165, 1.54) is 11.3 Å². The molecular formula is C13H20N2O3S. The van der Waals surface area contributed by atoms with Crippen LogP contribution in [0.2, 0.25) is 0 Å². The normalized spacial score (nSPS) is 20.4. The Labute approximate surface area is 116 Å². The minimum atomic E-state index is -0.0273. The molecule has 1 saturated heterocycles. The Morgan fingerprint density at radius 1 is 1.68 bits per heavy atom. The Balaban J connectivity index is 1.80. The molecule has 0 spiro atoms. The molecule has 2 rings (SSSR count). The lowest BCUT2D eigenvalue weighted by Crippen LogP contribution is -2.41. The van der Waals surface area contributed by atoms with E-state index < -0.39 is 0 Å². The molecule has 1 aromatic rings. The summed E-state index contributed by atoms with van der Waals surface area (Å²) in [5.74, 6) is -0.0273. The summed E-state index contributed by atoms with van der Waals surface area (Å²) in [7, 11) is 0. The van der Waals surface area contributed by atoms with Gasteiger partial charge in [0.1, 0.15) is 0 Å². The number of aryl methyl sites for hydroxylation is 1. The van der Waals surface area contributed by atoms with Gasteiger partial charge in [0.05, 0.1) is 12.1 Å². The van der Waals surface area contributed by atoms with Gasteiger partial charge in [0.25, 0.3) is 0 Å². The molecular weight excluding hydrogens is 264 g/mol. The summed E-state index contributed by atoms with van der Waals surface area (Å²) in [5, 5.41) is 4.76. The second-order valence-corrected chi connectivity index (χ2v) is 5.77. The van der Waals surface area contributed by atoms with Crippen LogP contribution in [0.1, 0.15) is 31.9 Å². The highest BCUT2D eigenvalue weighted by molar-refractivity contribution is 7.07. The molecule has 1 amide bonds. The van der Waals surface area contributed by atoms with Gasteiger partial charge >= 0.3 is 4.87 Å². The monoisotopic (exact) mass is 284 g/mol. The van der Waals surface area contributed by atoms with Crippen LogP contribution in [-0.2, 0) is 16.1 Å². The van der Waals surface area contributed by atoms with Gasteiger partial charge in [-0.2, -0.15) is 0 Å². The van der Waals surface area contributed by atoms with Crippen molar-refractivity contribution in [3.8, 4) is 0 Å². The Morgan fingerprint density at radius 2 is 2.47 bits per heavy atom. The largest absolute Gasteiger partial charge is 0.376 e. The van der Waals surface area contributed by atoms with Gasteiger partial charge in [0.2, 0.25) is 5.91 Å². The van der Waals surface area contributed by atoms with Crippen LogP contribution in [0.15, 0.2) is 10.2 Å². The summed E-state index contributed by atoms with van der Waals surface area (Å²) in [6.07, 6.45) is 2.53. The molecule has 0 radical (unpaired) electrons. The van der Waals surface area contributed by atoms with Crippen LogP contribution in [0.4, 0.5) is 0 Å². The maximum Gasteiger partial charge on any atom is 0.307 e. The van der Waals surface area contributed by atoms with Gasteiger partial charge in [-0.3, -0.25) is 9.59 Å². The summed E-state index contributed by atoms with van der Waals surface area (Å²) >= 11 is 1.17. The van der Waals surface area contributed by atoms with E-state index in [1.807, 2.05) is 19.2 Å². The third kappa shape index (κ3) is 3.67. The van der Waals surface area contributed by atoms with Gasteiger partial charge < -0.3 is 14.6 Å². The lowest BCUT2D eigenvalue weighted by molar-refractivity contribution is -0.122. The number of nitrogens with one attached hydrogen (secondary N) is 1. The maximum absolute atomic E-state index is 11.8. The lowest BCUT2D eigenvalue weighted by Gasteiger charge is -2.20. The molecule has 1 N–H and O–H groups in total. The number of thiazole rings is 1. The van der Waals surface area contributed by atoms with E-state index in [1.54, 1.807) is 4.57 Å². The molecule has 0 saturated carbocycles. The number of hydrogen-bond acceptors (Lipinski definition) is 4. The summed E-state index contributed by atoms with van der Waals surface area (Å²) in [6, 6.07) is 0.0373. The molecule has 2 atom stereocenters. The quantitative estimate of drug-likeness (QED) is 0.886. The number of carbonyl (C=O) groups excluding carboxylic acids is 1. The van der Waals surface area contributed by atoms with E-state index in [2.05, 4.69) is 5.32 Å². The minimum absolute atomic E-state index is 0.00234. The Hall–Kier alpha value is -1.14. The van der Waals surface area contributed by atoms with E-state index in [4.69, 9.17) is 4.74 Å². The molecule has 106 valence electrons. The molecule has 0 aromatic carbocycles.